The Morgan fingerprint density at radius 2 is 2.50 bits per heavy atom. The van der Waals surface area contributed by atoms with Gasteiger partial charge in [0.2, 0.25) is 0 Å². The third-order valence-electron chi connectivity index (χ3n) is 1.49. The van der Waals surface area contributed by atoms with Crippen LogP contribution in [0.25, 0.3) is 5.57 Å². The predicted octanol–water partition coefficient (Wildman–Crippen LogP) is 1.01. The van der Waals surface area contributed by atoms with Gasteiger partial charge >= 0.3 is 0 Å². The van der Waals surface area contributed by atoms with Gasteiger partial charge in [-0.3, -0.25) is 4.99 Å². The van der Waals surface area contributed by atoms with Gasteiger partial charge in [0.05, 0.1) is 13.7 Å². The number of aliphatic imine (C=N–C) groups is 1. The average molecular weight is 181 g/mol. The number of rotatable bonds is 2. The normalized spacial score (nSPS) is 14.9. The molecule has 62 valence electrons. The maximum absolute atomic E-state index is 4.93. The first-order valence-electron chi connectivity index (χ1n) is 3.48. The molecular weight excluding hydrogens is 174 g/mol. The Kier molecular flexibility index (Phi) is 1.87. The maximum atomic E-state index is 4.93. The lowest BCUT2D eigenvalue weighted by molar-refractivity contribution is 0.411. The average Bonchev–Trinajstić information content (AvgIpc) is 2.75. The van der Waals surface area contributed by atoms with Crippen molar-refractivity contribution in [3.63, 3.8) is 0 Å². The van der Waals surface area contributed by atoms with E-state index in [1.165, 1.54) is 11.5 Å². The van der Waals surface area contributed by atoms with E-state index in [0.717, 1.165) is 12.1 Å². The molecule has 1 aliphatic rings. The first-order valence-corrected chi connectivity index (χ1v) is 4.25. The molecule has 1 aliphatic heterocycles. The molecule has 0 N–H and O–H groups in total. The SMILES string of the molecule is COc1nc(C2=CCN=C2)ns1. The van der Waals surface area contributed by atoms with Crippen LogP contribution in [0.5, 0.6) is 5.19 Å². The lowest BCUT2D eigenvalue weighted by atomic mass is 10.3. The van der Waals surface area contributed by atoms with Crippen LogP contribution in [0.3, 0.4) is 0 Å². The van der Waals surface area contributed by atoms with Crippen molar-refractivity contribution in [2.45, 2.75) is 0 Å². The van der Waals surface area contributed by atoms with Crippen molar-refractivity contribution in [3.8, 4) is 5.19 Å². The molecule has 0 amide bonds. The van der Waals surface area contributed by atoms with Gasteiger partial charge in [-0.2, -0.15) is 9.36 Å². The van der Waals surface area contributed by atoms with E-state index in [-0.39, 0.29) is 0 Å². The van der Waals surface area contributed by atoms with Crippen LogP contribution in [-0.4, -0.2) is 29.2 Å². The number of allylic oxidation sites excluding steroid dienone is 1. The van der Waals surface area contributed by atoms with Crippen molar-refractivity contribution in [2.24, 2.45) is 4.99 Å². The minimum absolute atomic E-state index is 0.589. The van der Waals surface area contributed by atoms with Crippen LogP contribution in [0.1, 0.15) is 5.82 Å². The van der Waals surface area contributed by atoms with Crippen LogP contribution < -0.4 is 4.74 Å². The smallest absolute Gasteiger partial charge is 0.293 e. The number of hydrogen-bond donors (Lipinski definition) is 0. The number of aromatic nitrogens is 2. The monoisotopic (exact) mass is 181 g/mol. The van der Waals surface area contributed by atoms with Gasteiger partial charge in [-0.15, -0.1) is 0 Å². The Bertz CT molecular complexity index is 342. The van der Waals surface area contributed by atoms with E-state index in [1.54, 1.807) is 13.3 Å². The number of hydrogen-bond acceptors (Lipinski definition) is 5. The molecule has 5 heteroatoms. The second-order valence-electron chi connectivity index (χ2n) is 2.24. The van der Waals surface area contributed by atoms with E-state index in [2.05, 4.69) is 14.3 Å². The fraction of sp³-hybridized carbons (Fsp3) is 0.286. The summed E-state index contributed by atoms with van der Waals surface area (Å²) in [6, 6.07) is 0. The summed E-state index contributed by atoms with van der Waals surface area (Å²) < 4.78 is 9.04. The van der Waals surface area contributed by atoms with E-state index in [1.807, 2.05) is 6.08 Å². The van der Waals surface area contributed by atoms with Crippen LogP contribution in [0, 0.1) is 0 Å². The summed E-state index contributed by atoms with van der Waals surface area (Å²) in [5, 5.41) is 0.589. The van der Waals surface area contributed by atoms with E-state index in [0.29, 0.717) is 11.0 Å². The van der Waals surface area contributed by atoms with Gasteiger partial charge in [-0.05, 0) is 0 Å². The highest BCUT2D eigenvalue weighted by Crippen LogP contribution is 2.19. The number of methoxy groups -OCH3 is 1. The maximum Gasteiger partial charge on any atom is 0.293 e. The van der Waals surface area contributed by atoms with Gasteiger partial charge in [-0.1, -0.05) is 6.08 Å². The molecule has 12 heavy (non-hydrogen) atoms. The second kappa shape index (κ2) is 3.02. The molecule has 4 nitrogen and oxygen atoms in total. The molecule has 0 atom stereocenters. The molecule has 0 unspecified atom stereocenters. The molecule has 0 aromatic carbocycles. The van der Waals surface area contributed by atoms with Gasteiger partial charge in [0.15, 0.2) is 5.82 Å². The minimum Gasteiger partial charge on any atom is -0.472 e. The van der Waals surface area contributed by atoms with Crippen LogP contribution in [-0.2, 0) is 0 Å². The zero-order valence-corrected chi connectivity index (χ0v) is 7.34. The Morgan fingerprint density at radius 1 is 1.58 bits per heavy atom. The van der Waals surface area contributed by atoms with Crippen LogP contribution in [0.15, 0.2) is 11.1 Å². The second-order valence-corrected chi connectivity index (χ2v) is 2.96. The molecule has 2 heterocycles. The van der Waals surface area contributed by atoms with Gasteiger partial charge in [0.25, 0.3) is 5.19 Å². The largest absolute Gasteiger partial charge is 0.472 e. The van der Waals surface area contributed by atoms with Crippen molar-refractivity contribution in [1.29, 1.82) is 0 Å². The molecule has 1 aromatic heterocycles. The third kappa shape index (κ3) is 1.23. The summed E-state index contributed by atoms with van der Waals surface area (Å²) in [5.74, 6) is 0.707. The first-order chi connectivity index (χ1) is 5.90. The van der Waals surface area contributed by atoms with E-state index < -0.39 is 0 Å². The Hall–Kier alpha value is -1.23. The van der Waals surface area contributed by atoms with E-state index in [9.17, 15) is 0 Å². The van der Waals surface area contributed by atoms with Crippen molar-refractivity contribution < 1.29 is 4.74 Å². The summed E-state index contributed by atoms with van der Waals surface area (Å²) in [4.78, 5) is 8.18. The Labute approximate surface area is 73.8 Å². The fourth-order valence-electron chi connectivity index (χ4n) is 0.914. The Morgan fingerprint density at radius 3 is 3.08 bits per heavy atom. The van der Waals surface area contributed by atoms with Crippen molar-refractivity contribution >= 4 is 23.3 Å². The van der Waals surface area contributed by atoms with E-state index in [4.69, 9.17) is 4.74 Å². The highest BCUT2D eigenvalue weighted by Gasteiger charge is 2.09. The summed E-state index contributed by atoms with van der Waals surface area (Å²) in [7, 11) is 1.58. The molecule has 0 saturated carbocycles. The molecule has 0 fully saturated rings. The fourth-order valence-corrected chi connectivity index (χ4v) is 1.43. The lowest BCUT2D eigenvalue weighted by Gasteiger charge is -1.87. The van der Waals surface area contributed by atoms with Crippen LogP contribution in [0.4, 0.5) is 0 Å². The highest BCUT2D eigenvalue weighted by atomic mass is 32.1. The summed E-state index contributed by atoms with van der Waals surface area (Å²) in [6.45, 7) is 0.733. The molecule has 0 spiro atoms. The molecule has 0 bridgehead atoms. The molecule has 0 aliphatic carbocycles. The Balaban J connectivity index is 2.28. The first kappa shape index (κ1) is 7.42. The van der Waals surface area contributed by atoms with Gasteiger partial charge in [0, 0.05) is 23.3 Å². The number of nitrogens with zero attached hydrogens (tertiary/aromatic N) is 3. The highest BCUT2D eigenvalue weighted by molar-refractivity contribution is 7.07. The predicted molar refractivity (Wildman–Crippen MR) is 47.8 cm³/mol. The zero-order chi connectivity index (χ0) is 8.39. The minimum atomic E-state index is 0.589. The zero-order valence-electron chi connectivity index (χ0n) is 6.52. The molecule has 1 aromatic rings. The van der Waals surface area contributed by atoms with Crippen molar-refractivity contribution in [1.82, 2.24) is 9.36 Å². The van der Waals surface area contributed by atoms with Gasteiger partial charge in [-0.25, -0.2) is 0 Å². The third-order valence-corrected chi connectivity index (χ3v) is 2.17. The molecule has 2 rings (SSSR count). The molecule has 0 radical (unpaired) electrons. The summed E-state index contributed by atoms with van der Waals surface area (Å²) >= 11 is 1.25. The topological polar surface area (TPSA) is 47.4 Å². The standard InChI is InChI=1S/C7H7N3OS/c1-11-7-9-6(10-12-7)5-2-3-8-4-5/h2,4H,3H2,1H3. The van der Waals surface area contributed by atoms with Crippen LogP contribution in [0.2, 0.25) is 0 Å². The molecular formula is C7H7N3OS. The molecule has 0 saturated heterocycles. The number of ether oxygens (including phenoxy) is 1. The van der Waals surface area contributed by atoms with Crippen LogP contribution >= 0.6 is 11.5 Å². The van der Waals surface area contributed by atoms with Gasteiger partial charge in [0.1, 0.15) is 0 Å². The van der Waals surface area contributed by atoms with Crippen molar-refractivity contribution in [3.05, 3.63) is 11.9 Å². The van der Waals surface area contributed by atoms with Gasteiger partial charge < -0.3 is 4.74 Å². The van der Waals surface area contributed by atoms with E-state index >= 15 is 0 Å². The quantitative estimate of drug-likeness (QED) is 0.684. The summed E-state index contributed by atoms with van der Waals surface area (Å²) in [6.07, 6.45) is 3.77. The summed E-state index contributed by atoms with van der Waals surface area (Å²) in [5.41, 5.74) is 0.981. The van der Waals surface area contributed by atoms with Crippen molar-refractivity contribution in [2.75, 3.05) is 13.7 Å². The lowest BCUT2D eigenvalue weighted by Crippen LogP contribution is -1.86.